The third kappa shape index (κ3) is 2.39. The van der Waals surface area contributed by atoms with Crippen molar-refractivity contribution in [2.75, 3.05) is 13.1 Å². The van der Waals surface area contributed by atoms with E-state index >= 15 is 0 Å². The topological polar surface area (TPSA) is 58.4 Å². The van der Waals surface area contributed by atoms with Crippen LogP contribution in [0.3, 0.4) is 0 Å². The van der Waals surface area contributed by atoms with Crippen molar-refractivity contribution in [3.63, 3.8) is 0 Å². The molecule has 5 heteroatoms. The number of hydrogen-bond acceptors (Lipinski definition) is 3. The van der Waals surface area contributed by atoms with Gasteiger partial charge in [-0.2, -0.15) is 5.10 Å². The molecule has 1 aromatic rings. The highest BCUT2D eigenvalue weighted by atomic mass is 16.3. The van der Waals surface area contributed by atoms with Gasteiger partial charge in [0.25, 0.3) is 0 Å². The number of hydrogen-bond donors (Lipinski definition) is 1. The highest BCUT2D eigenvalue weighted by molar-refractivity contribution is 5.80. The molecule has 1 aromatic heterocycles. The third-order valence-electron chi connectivity index (χ3n) is 4.34. The summed E-state index contributed by atoms with van der Waals surface area (Å²) in [5.74, 6) is 0.253. The first kappa shape index (κ1) is 14.1. The molecule has 1 aliphatic rings. The number of aromatic nitrogens is 2. The zero-order valence-corrected chi connectivity index (χ0v) is 12.4. The Balaban J connectivity index is 2.00. The summed E-state index contributed by atoms with van der Waals surface area (Å²) in [6.07, 6.45) is 0.375. The first-order valence-corrected chi connectivity index (χ1v) is 6.74. The quantitative estimate of drug-likeness (QED) is 0.880. The molecule has 5 nitrogen and oxygen atoms in total. The van der Waals surface area contributed by atoms with Crippen LogP contribution >= 0.6 is 0 Å². The van der Waals surface area contributed by atoms with Gasteiger partial charge in [0.05, 0.1) is 25.2 Å². The van der Waals surface area contributed by atoms with E-state index < -0.39 is 5.60 Å². The lowest BCUT2D eigenvalue weighted by Crippen LogP contribution is -2.66. The van der Waals surface area contributed by atoms with Crippen LogP contribution in [-0.2, 0) is 18.3 Å². The molecule has 0 radical (unpaired) electrons. The van der Waals surface area contributed by atoms with Crippen LogP contribution in [0.15, 0.2) is 0 Å². The summed E-state index contributed by atoms with van der Waals surface area (Å²) in [6, 6.07) is 0. The Kier molecular flexibility index (Phi) is 3.43. The Bertz CT molecular complexity index is 499. The number of β-amino-alcohol motifs (C(OH)–C–C–N with tert-alkyl or cyclic N) is 1. The standard InChI is InChI=1S/C14H23N3O2/c1-9(2)14(19)7-17(8-14)13(18)6-12-10(3)15-16(5)11(12)4/h9,19H,6-8H2,1-5H3. The average molecular weight is 265 g/mol. The van der Waals surface area contributed by atoms with E-state index in [4.69, 9.17) is 0 Å². The van der Waals surface area contributed by atoms with Crippen LogP contribution in [0.2, 0.25) is 0 Å². The van der Waals surface area contributed by atoms with E-state index in [-0.39, 0.29) is 11.8 Å². The second kappa shape index (κ2) is 4.63. The number of carbonyl (C=O) groups excluding carboxylic acids is 1. The predicted octanol–water partition coefficient (Wildman–Crippen LogP) is 0.809. The lowest BCUT2D eigenvalue weighted by atomic mass is 9.82. The Labute approximate surface area is 114 Å². The van der Waals surface area contributed by atoms with Crippen molar-refractivity contribution in [1.29, 1.82) is 0 Å². The minimum Gasteiger partial charge on any atom is -0.386 e. The van der Waals surface area contributed by atoms with Crippen LogP contribution in [0, 0.1) is 19.8 Å². The molecule has 0 bridgehead atoms. The van der Waals surface area contributed by atoms with Crippen LogP contribution in [0.4, 0.5) is 0 Å². The molecule has 0 spiro atoms. The smallest absolute Gasteiger partial charge is 0.227 e. The van der Waals surface area contributed by atoms with E-state index in [0.29, 0.717) is 19.5 Å². The Morgan fingerprint density at radius 1 is 1.42 bits per heavy atom. The molecule has 1 fully saturated rings. The second-order valence-electron chi connectivity index (χ2n) is 5.96. The molecule has 1 N–H and O–H groups in total. The van der Waals surface area contributed by atoms with E-state index in [1.54, 1.807) is 9.58 Å². The number of amides is 1. The summed E-state index contributed by atoms with van der Waals surface area (Å²) in [7, 11) is 1.89. The molecule has 0 aromatic carbocycles. The van der Waals surface area contributed by atoms with Gasteiger partial charge in [-0.25, -0.2) is 0 Å². The molecular formula is C14H23N3O2. The molecular weight excluding hydrogens is 242 g/mol. The van der Waals surface area contributed by atoms with E-state index in [1.807, 2.05) is 34.7 Å². The number of aryl methyl sites for hydroxylation is 2. The maximum Gasteiger partial charge on any atom is 0.227 e. The Morgan fingerprint density at radius 2 is 2.00 bits per heavy atom. The van der Waals surface area contributed by atoms with Crippen LogP contribution in [-0.4, -0.2) is 44.4 Å². The molecule has 19 heavy (non-hydrogen) atoms. The summed E-state index contributed by atoms with van der Waals surface area (Å²) in [4.78, 5) is 13.9. The summed E-state index contributed by atoms with van der Waals surface area (Å²) < 4.78 is 1.80. The highest BCUT2D eigenvalue weighted by Crippen LogP contribution is 2.29. The molecule has 1 amide bonds. The fraction of sp³-hybridized carbons (Fsp3) is 0.714. The monoisotopic (exact) mass is 265 g/mol. The third-order valence-corrected chi connectivity index (χ3v) is 4.34. The SMILES string of the molecule is Cc1nn(C)c(C)c1CC(=O)N1CC(O)(C(C)C)C1. The lowest BCUT2D eigenvalue weighted by molar-refractivity contribution is -0.163. The van der Waals surface area contributed by atoms with Crippen molar-refractivity contribution in [2.24, 2.45) is 13.0 Å². The molecule has 0 aliphatic carbocycles. The van der Waals surface area contributed by atoms with Crippen molar-refractivity contribution in [1.82, 2.24) is 14.7 Å². The molecule has 1 saturated heterocycles. The van der Waals surface area contributed by atoms with Crippen molar-refractivity contribution in [2.45, 2.75) is 39.7 Å². The van der Waals surface area contributed by atoms with Gasteiger partial charge >= 0.3 is 0 Å². The van der Waals surface area contributed by atoms with Crippen LogP contribution in [0.5, 0.6) is 0 Å². The Morgan fingerprint density at radius 3 is 2.42 bits per heavy atom. The van der Waals surface area contributed by atoms with Crippen LogP contribution in [0.1, 0.15) is 30.8 Å². The largest absolute Gasteiger partial charge is 0.386 e. The van der Waals surface area contributed by atoms with Gasteiger partial charge in [-0.05, 0) is 19.8 Å². The summed E-state index contributed by atoms with van der Waals surface area (Å²) >= 11 is 0. The van der Waals surface area contributed by atoms with Gasteiger partial charge < -0.3 is 10.0 Å². The first-order valence-electron chi connectivity index (χ1n) is 6.74. The number of nitrogens with zero attached hydrogens (tertiary/aromatic N) is 3. The molecule has 2 rings (SSSR count). The average Bonchev–Trinajstić information content (AvgIpc) is 2.51. The minimum absolute atomic E-state index is 0.0736. The van der Waals surface area contributed by atoms with E-state index in [9.17, 15) is 9.90 Å². The first-order chi connectivity index (χ1) is 8.74. The molecule has 106 valence electrons. The summed E-state index contributed by atoms with van der Waals surface area (Å²) in [6.45, 7) is 8.76. The van der Waals surface area contributed by atoms with Crippen molar-refractivity contribution >= 4 is 5.91 Å². The maximum atomic E-state index is 12.2. The summed E-state index contributed by atoms with van der Waals surface area (Å²) in [5, 5.41) is 14.5. The molecule has 0 saturated carbocycles. The second-order valence-corrected chi connectivity index (χ2v) is 5.96. The van der Waals surface area contributed by atoms with Crippen molar-refractivity contribution in [3.8, 4) is 0 Å². The molecule has 0 unspecified atom stereocenters. The predicted molar refractivity (Wildman–Crippen MR) is 72.8 cm³/mol. The van der Waals surface area contributed by atoms with Gasteiger partial charge in [-0.3, -0.25) is 9.48 Å². The van der Waals surface area contributed by atoms with Gasteiger partial charge in [-0.15, -0.1) is 0 Å². The van der Waals surface area contributed by atoms with E-state index in [1.165, 1.54) is 0 Å². The fourth-order valence-corrected chi connectivity index (χ4v) is 2.49. The number of likely N-dealkylation sites (tertiary alicyclic amines) is 1. The Hall–Kier alpha value is -1.36. The van der Waals surface area contributed by atoms with Crippen LogP contribution in [0.25, 0.3) is 0 Å². The zero-order chi connectivity index (χ0) is 14.4. The van der Waals surface area contributed by atoms with Gasteiger partial charge in [0.2, 0.25) is 5.91 Å². The number of aliphatic hydroxyl groups is 1. The lowest BCUT2D eigenvalue weighted by Gasteiger charge is -2.49. The highest BCUT2D eigenvalue weighted by Gasteiger charge is 2.45. The maximum absolute atomic E-state index is 12.2. The van der Waals surface area contributed by atoms with Gasteiger partial charge in [0, 0.05) is 18.3 Å². The van der Waals surface area contributed by atoms with Gasteiger partial charge in [0.1, 0.15) is 5.60 Å². The molecule has 0 atom stereocenters. The van der Waals surface area contributed by atoms with E-state index in [0.717, 1.165) is 17.0 Å². The van der Waals surface area contributed by atoms with Crippen molar-refractivity contribution < 1.29 is 9.90 Å². The van der Waals surface area contributed by atoms with Crippen LogP contribution < -0.4 is 0 Å². The van der Waals surface area contributed by atoms with Crippen molar-refractivity contribution in [3.05, 3.63) is 17.0 Å². The normalized spacial score (nSPS) is 17.7. The minimum atomic E-state index is -0.700. The summed E-state index contributed by atoms with van der Waals surface area (Å²) in [5.41, 5.74) is 2.25. The van der Waals surface area contributed by atoms with Gasteiger partial charge in [0.15, 0.2) is 0 Å². The zero-order valence-electron chi connectivity index (χ0n) is 12.4. The van der Waals surface area contributed by atoms with E-state index in [2.05, 4.69) is 5.10 Å². The number of carbonyl (C=O) groups is 1. The fourth-order valence-electron chi connectivity index (χ4n) is 2.49. The molecule has 1 aliphatic heterocycles. The van der Waals surface area contributed by atoms with Gasteiger partial charge in [-0.1, -0.05) is 13.8 Å². The molecule has 2 heterocycles. The number of rotatable bonds is 3.